The summed E-state index contributed by atoms with van der Waals surface area (Å²) in [5.41, 5.74) is 0.953. The molecule has 1 saturated carbocycles. The summed E-state index contributed by atoms with van der Waals surface area (Å²) in [5, 5.41) is 10.00. The van der Waals surface area contributed by atoms with Crippen molar-refractivity contribution in [1.29, 1.82) is 0 Å². The summed E-state index contributed by atoms with van der Waals surface area (Å²) in [6.07, 6.45) is 8.87. The fourth-order valence-electron chi connectivity index (χ4n) is 4.84. The van der Waals surface area contributed by atoms with E-state index in [2.05, 4.69) is 51.5 Å². The summed E-state index contributed by atoms with van der Waals surface area (Å²) < 4.78 is 0. The number of guanidine groups is 1. The number of anilines is 1. The first-order chi connectivity index (χ1) is 15.0. The predicted molar refractivity (Wildman–Crippen MR) is 126 cm³/mol. The Morgan fingerprint density at radius 2 is 2.13 bits per heavy atom. The van der Waals surface area contributed by atoms with Gasteiger partial charge in [0.2, 0.25) is 11.9 Å². The van der Waals surface area contributed by atoms with Gasteiger partial charge in [0, 0.05) is 30.6 Å². The van der Waals surface area contributed by atoms with Gasteiger partial charge in [0.1, 0.15) is 11.9 Å². The molecule has 1 aromatic rings. The normalized spacial score (nSPS) is 33.6. The lowest BCUT2D eigenvalue weighted by Gasteiger charge is -2.31. The van der Waals surface area contributed by atoms with Crippen molar-refractivity contribution in [3.8, 4) is 0 Å². The van der Waals surface area contributed by atoms with Crippen molar-refractivity contribution in [3.05, 3.63) is 36.4 Å². The minimum atomic E-state index is -0.275. The first-order valence-electron chi connectivity index (χ1n) is 10.5. The molecule has 31 heavy (non-hydrogen) atoms. The van der Waals surface area contributed by atoms with Crippen molar-refractivity contribution in [1.82, 2.24) is 15.5 Å². The number of amidine groups is 1. The van der Waals surface area contributed by atoms with E-state index in [0.29, 0.717) is 11.9 Å². The highest BCUT2D eigenvalue weighted by atomic mass is 32.2. The van der Waals surface area contributed by atoms with E-state index in [-0.39, 0.29) is 36.0 Å². The number of hydrogen-bond donors (Lipinski definition) is 3. The van der Waals surface area contributed by atoms with Crippen LogP contribution in [-0.4, -0.2) is 67.5 Å². The van der Waals surface area contributed by atoms with Gasteiger partial charge in [-0.25, -0.2) is 9.98 Å². The molecule has 6 unspecified atom stereocenters. The fourth-order valence-corrected chi connectivity index (χ4v) is 5.30. The topological polar surface area (TPSA) is 93.5 Å². The molecule has 0 saturated heterocycles. The van der Waals surface area contributed by atoms with Crippen LogP contribution in [0.15, 0.2) is 56.3 Å². The van der Waals surface area contributed by atoms with Gasteiger partial charge < -0.3 is 20.9 Å². The summed E-state index contributed by atoms with van der Waals surface area (Å²) >= 11 is 1.69. The minimum Gasteiger partial charge on any atom is -0.363 e. The van der Waals surface area contributed by atoms with Gasteiger partial charge in [-0.3, -0.25) is 9.79 Å². The highest BCUT2D eigenvalue weighted by Crippen LogP contribution is 2.46. The SMILES string of the molecule is CSc1cccc(NC2=NC3N=CNC3C(=NC3C4C=CC(C4)C3C(=O)N(C)C)N2)c1. The Bertz CT molecular complexity index is 1000. The van der Waals surface area contributed by atoms with Gasteiger partial charge in [-0.05, 0) is 36.8 Å². The third-order valence-electron chi connectivity index (χ3n) is 6.35. The molecular weight excluding hydrogens is 410 g/mol. The average Bonchev–Trinajstić information content (AvgIpc) is 3.49. The lowest BCUT2D eigenvalue weighted by molar-refractivity contribution is -0.134. The van der Waals surface area contributed by atoms with Crippen LogP contribution in [0.4, 0.5) is 5.69 Å². The van der Waals surface area contributed by atoms with Gasteiger partial charge in [-0.2, -0.15) is 0 Å². The van der Waals surface area contributed by atoms with E-state index < -0.39 is 0 Å². The molecule has 2 heterocycles. The van der Waals surface area contributed by atoms with Gasteiger partial charge in [0.15, 0.2) is 6.17 Å². The van der Waals surface area contributed by atoms with E-state index in [1.165, 1.54) is 4.90 Å². The molecule has 2 aliphatic heterocycles. The monoisotopic (exact) mass is 437 g/mol. The highest BCUT2D eigenvalue weighted by molar-refractivity contribution is 7.98. The number of nitrogens with zero attached hydrogens (tertiary/aromatic N) is 4. The molecule has 3 N–H and O–H groups in total. The first-order valence-corrected chi connectivity index (χ1v) is 11.8. The molecule has 9 heteroatoms. The van der Waals surface area contributed by atoms with Crippen LogP contribution >= 0.6 is 11.8 Å². The number of fused-ring (bicyclic) bond motifs is 3. The number of benzene rings is 1. The molecule has 4 aliphatic rings. The van der Waals surface area contributed by atoms with Crippen molar-refractivity contribution < 1.29 is 4.79 Å². The molecule has 5 rings (SSSR count). The van der Waals surface area contributed by atoms with Crippen molar-refractivity contribution >= 4 is 41.5 Å². The van der Waals surface area contributed by atoms with E-state index in [1.54, 1.807) is 23.0 Å². The highest BCUT2D eigenvalue weighted by Gasteiger charge is 2.49. The van der Waals surface area contributed by atoms with Crippen LogP contribution < -0.4 is 16.0 Å². The number of hydrogen-bond acceptors (Lipinski definition) is 7. The zero-order valence-corrected chi connectivity index (χ0v) is 18.6. The molecular formula is C22H27N7OS. The minimum absolute atomic E-state index is 0.0744. The number of thioether (sulfide) groups is 1. The second kappa shape index (κ2) is 8.03. The van der Waals surface area contributed by atoms with Crippen LogP contribution in [0.5, 0.6) is 0 Å². The number of nitrogens with one attached hydrogen (secondary N) is 3. The van der Waals surface area contributed by atoms with Gasteiger partial charge in [0.05, 0.1) is 18.3 Å². The molecule has 0 spiro atoms. The van der Waals surface area contributed by atoms with E-state index in [4.69, 9.17) is 9.98 Å². The largest absolute Gasteiger partial charge is 0.363 e. The maximum Gasteiger partial charge on any atom is 0.227 e. The van der Waals surface area contributed by atoms with Crippen molar-refractivity contribution in [2.75, 3.05) is 25.7 Å². The number of allylic oxidation sites excluding steroid dienone is 1. The third kappa shape index (κ3) is 3.71. The Kier molecular flexibility index (Phi) is 5.21. The van der Waals surface area contributed by atoms with Gasteiger partial charge in [0.25, 0.3) is 0 Å². The molecule has 6 atom stereocenters. The maximum atomic E-state index is 12.9. The second-order valence-corrected chi connectivity index (χ2v) is 9.39. The molecule has 2 aliphatic carbocycles. The lowest BCUT2D eigenvalue weighted by atomic mass is 9.88. The van der Waals surface area contributed by atoms with Crippen LogP contribution in [0.25, 0.3) is 0 Å². The number of aliphatic imine (C=N–C) groups is 3. The Hall–Kier alpha value is -2.81. The Labute approximate surface area is 186 Å². The predicted octanol–water partition coefficient (Wildman–Crippen LogP) is 1.78. The summed E-state index contributed by atoms with van der Waals surface area (Å²) in [6.45, 7) is 0. The van der Waals surface area contributed by atoms with Crippen molar-refractivity contribution in [2.24, 2.45) is 32.7 Å². The number of amides is 1. The molecule has 0 aromatic heterocycles. The summed E-state index contributed by atoms with van der Waals surface area (Å²) in [5.74, 6) is 1.99. The van der Waals surface area contributed by atoms with Crippen LogP contribution in [0.1, 0.15) is 6.42 Å². The first kappa shape index (κ1) is 20.1. The molecule has 1 amide bonds. The number of carbonyl (C=O) groups is 1. The molecule has 8 nitrogen and oxygen atoms in total. The van der Waals surface area contributed by atoms with E-state index in [0.717, 1.165) is 17.9 Å². The zero-order chi connectivity index (χ0) is 21.5. The second-order valence-electron chi connectivity index (χ2n) is 8.51. The lowest BCUT2D eigenvalue weighted by Crippen LogP contribution is -2.55. The fraction of sp³-hybridized carbons (Fsp3) is 0.455. The van der Waals surface area contributed by atoms with Crippen LogP contribution in [0.2, 0.25) is 0 Å². The zero-order valence-electron chi connectivity index (χ0n) is 17.8. The molecule has 2 bridgehead atoms. The van der Waals surface area contributed by atoms with E-state index >= 15 is 0 Å². The summed E-state index contributed by atoms with van der Waals surface area (Å²) in [6, 6.07) is 7.97. The summed E-state index contributed by atoms with van der Waals surface area (Å²) in [4.78, 5) is 30.0. The average molecular weight is 438 g/mol. The molecule has 1 aromatic carbocycles. The quantitative estimate of drug-likeness (QED) is 0.493. The van der Waals surface area contributed by atoms with Crippen LogP contribution in [0, 0.1) is 17.8 Å². The standard InChI is InChI=1S/C22H27N7OS/c1-29(2)21(30)16-12-7-8-13(9-12)17(16)26-20-18-19(24-11-23-18)27-22(28-20)25-14-5-4-6-15(10-14)31-3/h4-8,10-13,16-19H,9H2,1-3H3,(H,23,24)(H2,25,26,27,28). The van der Waals surface area contributed by atoms with Crippen molar-refractivity contribution in [2.45, 2.75) is 29.6 Å². The summed E-state index contributed by atoms with van der Waals surface area (Å²) in [7, 11) is 3.64. The smallest absolute Gasteiger partial charge is 0.227 e. The number of carbonyl (C=O) groups excluding carboxylic acids is 1. The van der Waals surface area contributed by atoms with Gasteiger partial charge in [-0.1, -0.05) is 18.2 Å². The van der Waals surface area contributed by atoms with Crippen LogP contribution in [0.3, 0.4) is 0 Å². The van der Waals surface area contributed by atoms with Crippen LogP contribution in [-0.2, 0) is 4.79 Å². The molecule has 162 valence electrons. The molecule has 1 fully saturated rings. The van der Waals surface area contributed by atoms with E-state index in [9.17, 15) is 4.79 Å². The Morgan fingerprint density at radius 3 is 2.94 bits per heavy atom. The molecule has 0 radical (unpaired) electrons. The maximum absolute atomic E-state index is 12.9. The Morgan fingerprint density at radius 1 is 1.29 bits per heavy atom. The van der Waals surface area contributed by atoms with Gasteiger partial charge in [-0.15, -0.1) is 11.8 Å². The van der Waals surface area contributed by atoms with Gasteiger partial charge >= 0.3 is 0 Å². The van der Waals surface area contributed by atoms with Crippen molar-refractivity contribution in [3.63, 3.8) is 0 Å². The Balaban J connectivity index is 1.42. The van der Waals surface area contributed by atoms with E-state index in [1.807, 2.05) is 26.2 Å². The number of rotatable bonds is 4. The third-order valence-corrected chi connectivity index (χ3v) is 7.07.